The Morgan fingerprint density at radius 3 is 2.65 bits per heavy atom. The lowest BCUT2D eigenvalue weighted by Crippen LogP contribution is -2.09. The third-order valence-corrected chi connectivity index (χ3v) is 2.75. The molecule has 0 amide bonds. The van der Waals surface area contributed by atoms with Gasteiger partial charge in [-0.3, -0.25) is 4.79 Å². The first-order valence-electron chi connectivity index (χ1n) is 5.55. The Kier molecular flexibility index (Phi) is 2.96. The summed E-state index contributed by atoms with van der Waals surface area (Å²) >= 11 is 0. The SMILES string of the molecule is CCCc1cc(=O)c2c(F)c(C)cc(F)c2[nH]1. The third-order valence-electron chi connectivity index (χ3n) is 2.75. The lowest BCUT2D eigenvalue weighted by molar-refractivity contribution is 0.606. The van der Waals surface area contributed by atoms with Gasteiger partial charge in [-0.25, -0.2) is 8.78 Å². The number of pyridine rings is 1. The largest absolute Gasteiger partial charge is 0.356 e. The molecule has 2 nitrogen and oxygen atoms in total. The van der Waals surface area contributed by atoms with E-state index in [1.54, 1.807) is 0 Å². The van der Waals surface area contributed by atoms with Crippen molar-refractivity contribution in [2.24, 2.45) is 0 Å². The van der Waals surface area contributed by atoms with Gasteiger partial charge in [-0.1, -0.05) is 13.3 Å². The highest BCUT2D eigenvalue weighted by Crippen LogP contribution is 2.20. The molecule has 0 atom stereocenters. The van der Waals surface area contributed by atoms with Crippen molar-refractivity contribution in [2.75, 3.05) is 0 Å². The maximum absolute atomic E-state index is 13.8. The van der Waals surface area contributed by atoms with Crippen LogP contribution in [-0.4, -0.2) is 4.98 Å². The Balaban J connectivity index is 2.86. The van der Waals surface area contributed by atoms with Gasteiger partial charge in [0.2, 0.25) is 0 Å². The van der Waals surface area contributed by atoms with E-state index in [0.717, 1.165) is 12.5 Å². The van der Waals surface area contributed by atoms with E-state index in [4.69, 9.17) is 0 Å². The molecule has 0 saturated carbocycles. The molecule has 0 unspecified atom stereocenters. The molecule has 17 heavy (non-hydrogen) atoms. The molecular formula is C13H13F2NO. The molecule has 0 spiro atoms. The second-order valence-electron chi connectivity index (χ2n) is 4.15. The highest BCUT2D eigenvalue weighted by atomic mass is 19.1. The zero-order valence-corrected chi connectivity index (χ0v) is 9.73. The number of aromatic amines is 1. The second-order valence-corrected chi connectivity index (χ2v) is 4.15. The fourth-order valence-corrected chi connectivity index (χ4v) is 1.94. The van der Waals surface area contributed by atoms with Gasteiger partial charge in [-0.2, -0.15) is 0 Å². The first-order chi connectivity index (χ1) is 8.04. The van der Waals surface area contributed by atoms with Crippen LogP contribution in [0.4, 0.5) is 8.78 Å². The number of nitrogens with one attached hydrogen (secondary N) is 1. The van der Waals surface area contributed by atoms with Crippen molar-refractivity contribution >= 4 is 10.9 Å². The zero-order valence-electron chi connectivity index (χ0n) is 9.73. The molecule has 0 saturated heterocycles. The Morgan fingerprint density at radius 2 is 2.00 bits per heavy atom. The van der Waals surface area contributed by atoms with Gasteiger partial charge in [0, 0.05) is 11.8 Å². The molecule has 0 aliphatic carbocycles. The summed E-state index contributed by atoms with van der Waals surface area (Å²) in [7, 11) is 0. The molecule has 1 N–H and O–H groups in total. The lowest BCUT2D eigenvalue weighted by atomic mass is 10.1. The number of aromatic nitrogens is 1. The van der Waals surface area contributed by atoms with Gasteiger partial charge < -0.3 is 4.98 Å². The first kappa shape index (κ1) is 11.8. The maximum Gasteiger partial charge on any atom is 0.192 e. The van der Waals surface area contributed by atoms with Crippen LogP contribution >= 0.6 is 0 Å². The summed E-state index contributed by atoms with van der Waals surface area (Å²) in [5.74, 6) is -1.24. The summed E-state index contributed by atoms with van der Waals surface area (Å²) in [4.78, 5) is 14.6. The Bertz CT molecular complexity index is 631. The summed E-state index contributed by atoms with van der Waals surface area (Å²) in [6.45, 7) is 3.39. The van der Waals surface area contributed by atoms with E-state index >= 15 is 0 Å². The fourth-order valence-electron chi connectivity index (χ4n) is 1.94. The predicted molar refractivity (Wildman–Crippen MR) is 63.2 cm³/mol. The van der Waals surface area contributed by atoms with Crippen LogP contribution in [0.2, 0.25) is 0 Å². The molecule has 1 heterocycles. The highest BCUT2D eigenvalue weighted by Gasteiger charge is 2.13. The van der Waals surface area contributed by atoms with Crippen molar-refractivity contribution in [1.82, 2.24) is 4.98 Å². The normalized spacial score (nSPS) is 11.1. The van der Waals surface area contributed by atoms with Crippen molar-refractivity contribution in [3.05, 3.63) is 45.2 Å². The van der Waals surface area contributed by atoms with E-state index in [9.17, 15) is 13.6 Å². The Hall–Kier alpha value is -1.71. The predicted octanol–water partition coefficient (Wildman–Crippen LogP) is 3.07. The van der Waals surface area contributed by atoms with Crippen molar-refractivity contribution in [2.45, 2.75) is 26.7 Å². The van der Waals surface area contributed by atoms with Crippen molar-refractivity contribution < 1.29 is 8.78 Å². The van der Waals surface area contributed by atoms with Crippen molar-refractivity contribution in [3.63, 3.8) is 0 Å². The fraction of sp³-hybridized carbons (Fsp3) is 0.308. The minimum atomic E-state index is -0.648. The quantitative estimate of drug-likeness (QED) is 0.855. The monoisotopic (exact) mass is 237 g/mol. The van der Waals surface area contributed by atoms with E-state index in [0.29, 0.717) is 12.1 Å². The van der Waals surface area contributed by atoms with Crippen LogP contribution in [0.1, 0.15) is 24.6 Å². The van der Waals surface area contributed by atoms with Crippen molar-refractivity contribution in [3.8, 4) is 0 Å². The van der Waals surface area contributed by atoms with Crippen LogP contribution < -0.4 is 5.43 Å². The zero-order chi connectivity index (χ0) is 12.6. The molecule has 0 fully saturated rings. The van der Waals surface area contributed by atoms with E-state index in [2.05, 4.69) is 4.98 Å². The number of H-pyrrole nitrogens is 1. The summed E-state index contributed by atoms with van der Waals surface area (Å²) < 4.78 is 27.5. The van der Waals surface area contributed by atoms with Gasteiger partial charge in [0.15, 0.2) is 5.43 Å². The maximum atomic E-state index is 13.8. The molecule has 0 aliphatic rings. The van der Waals surface area contributed by atoms with Crippen LogP contribution in [-0.2, 0) is 6.42 Å². The molecule has 0 radical (unpaired) electrons. The van der Waals surface area contributed by atoms with Crippen molar-refractivity contribution in [1.29, 1.82) is 0 Å². The average molecular weight is 237 g/mol. The number of fused-ring (bicyclic) bond motifs is 1. The number of hydrogen-bond acceptors (Lipinski definition) is 1. The molecule has 1 aromatic carbocycles. The van der Waals surface area contributed by atoms with Gasteiger partial charge in [0.05, 0.1) is 10.9 Å². The number of hydrogen-bond donors (Lipinski definition) is 1. The Morgan fingerprint density at radius 1 is 1.29 bits per heavy atom. The van der Waals surface area contributed by atoms with Crippen LogP contribution in [0.15, 0.2) is 16.9 Å². The molecule has 90 valence electrons. The molecular weight excluding hydrogens is 224 g/mol. The Labute approximate surface area is 97.3 Å². The summed E-state index contributed by atoms with van der Waals surface area (Å²) in [5.41, 5.74) is 0.266. The van der Waals surface area contributed by atoms with Gasteiger partial charge in [-0.15, -0.1) is 0 Å². The smallest absolute Gasteiger partial charge is 0.192 e. The number of halogens is 2. The molecule has 0 aliphatic heterocycles. The van der Waals surface area contributed by atoms with Gasteiger partial charge in [0.25, 0.3) is 0 Å². The minimum Gasteiger partial charge on any atom is -0.356 e. The molecule has 0 bridgehead atoms. The van der Waals surface area contributed by atoms with E-state index in [1.807, 2.05) is 6.92 Å². The molecule has 2 aromatic rings. The van der Waals surface area contributed by atoms with Gasteiger partial charge in [0.1, 0.15) is 11.6 Å². The van der Waals surface area contributed by atoms with E-state index in [-0.39, 0.29) is 16.5 Å². The first-order valence-corrected chi connectivity index (χ1v) is 5.55. The molecule has 2 rings (SSSR count). The summed E-state index contributed by atoms with van der Waals surface area (Å²) in [6.07, 6.45) is 1.47. The van der Waals surface area contributed by atoms with E-state index < -0.39 is 17.1 Å². The van der Waals surface area contributed by atoms with Gasteiger partial charge in [-0.05, 0) is 25.0 Å². The number of rotatable bonds is 2. The molecule has 1 aromatic heterocycles. The lowest BCUT2D eigenvalue weighted by Gasteiger charge is -2.06. The number of benzene rings is 1. The number of aryl methyl sites for hydroxylation is 2. The van der Waals surface area contributed by atoms with Crippen LogP contribution in [0.3, 0.4) is 0 Å². The third kappa shape index (κ3) is 1.95. The summed E-state index contributed by atoms with van der Waals surface area (Å²) in [6, 6.07) is 2.44. The minimum absolute atomic E-state index is 0.0379. The topological polar surface area (TPSA) is 32.9 Å². The van der Waals surface area contributed by atoms with Crippen LogP contribution in [0, 0.1) is 18.6 Å². The van der Waals surface area contributed by atoms with Gasteiger partial charge >= 0.3 is 0 Å². The second kappa shape index (κ2) is 4.28. The standard InChI is InChI=1S/C13H13F2NO/c1-3-4-8-6-10(17)11-12(15)7(2)5-9(14)13(11)16-8/h5-6H,3-4H2,1-2H3,(H,16,17). The highest BCUT2D eigenvalue weighted by molar-refractivity contribution is 5.80. The summed E-state index contributed by atoms with van der Waals surface area (Å²) in [5, 5.41) is -0.192. The average Bonchev–Trinajstić information content (AvgIpc) is 2.26. The van der Waals surface area contributed by atoms with Crippen LogP contribution in [0.25, 0.3) is 10.9 Å². The molecule has 4 heteroatoms. The van der Waals surface area contributed by atoms with Crippen LogP contribution in [0.5, 0.6) is 0 Å². The van der Waals surface area contributed by atoms with E-state index in [1.165, 1.54) is 13.0 Å².